The van der Waals surface area contributed by atoms with Crippen LogP contribution in [0.3, 0.4) is 0 Å². The molecule has 7 heteroatoms. The third kappa shape index (κ3) is 2.76. The Hall–Kier alpha value is -2.44. The molecule has 20 heavy (non-hydrogen) atoms. The van der Waals surface area contributed by atoms with Crippen molar-refractivity contribution in [2.45, 2.75) is 12.8 Å². The van der Waals surface area contributed by atoms with Crippen molar-refractivity contribution in [3.63, 3.8) is 0 Å². The van der Waals surface area contributed by atoms with E-state index in [9.17, 15) is 14.4 Å². The summed E-state index contributed by atoms with van der Waals surface area (Å²) in [6.07, 6.45) is 3.56. The average molecular weight is 277 g/mol. The van der Waals surface area contributed by atoms with Crippen molar-refractivity contribution >= 4 is 17.8 Å². The maximum absolute atomic E-state index is 12.3. The van der Waals surface area contributed by atoms with Crippen LogP contribution in [-0.4, -0.2) is 45.9 Å². The number of amides is 2. The summed E-state index contributed by atoms with van der Waals surface area (Å²) >= 11 is 0. The van der Waals surface area contributed by atoms with Crippen LogP contribution in [0.5, 0.6) is 0 Å². The predicted octanol–water partition coefficient (Wildman–Crippen LogP) is 0.117. The minimum absolute atomic E-state index is 0.116. The van der Waals surface area contributed by atoms with Gasteiger partial charge in [-0.25, -0.2) is 4.79 Å². The zero-order valence-corrected chi connectivity index (χ0v) is 10.8. The fourth-order valence-electron chi connectivity index (χ4n) is 2.29. The molecule has 1 saturated heterocycles. The number of pyridine rings is 1. The van der Waals surface area contributed by atoms with Crippen LogP contribution in [0.4, 0.5) is 0 Å². The molecule has 1 fully saturated rings. The number of hydrogen-bond donors (Lipinski definition) is 2. The molecule has 2 rings (SSSR count). The van der Waals surface area contributed by atoms with E-state index in [-0.39, 0.29) is 28.9 Å². The molecule has 0 bridgehead atoms. The van der Waals surface area contributed by atoms with Gasteiger partial charge >= 0.3 is 5.97 Å². The maximum atomic E-state index is 12.3. The van der Waals surface area contributed by atoms with Gasteiger partial charge in [0.1, 0.15) is 0 Å². The number of aromatic carboxylic acids is 1. The molecule has 106 valence electrons. The smallest absolute Gasteiger partial charge is 0.338 e. The summed E-state index contributed by atoms with van der Waals surface area (Å²) in [5, 5.41) is 9.06. The molecule has 2 amide bonds. The van der Waals surface area contributed by atoms with Gasteiger partial charge in [-0.1, -0.05) is 0 Å². The van der Waals surface area contributed by atoms with Gasteiger partial charge in [0.05, 0.1) is 11.1 Å². The van der Waals surface area contributed by atoms with Crippen LogP contribution in [0.15, 0.2) is 18.5 Å². The molecular weight excluding hydrogens is 262 g/mol. The Morgan fingerprint density at radius 1 is 1.25 bits per heavy atom. The van der Waals surface area contributed by atoms with E-state index in [0.717, 1.165) is 6.20 Å². The molecule has 1 aliphatic rings. The zero-order chi connectivity index (χ0) is 14.7. The molecule has 1 aliphatic heterocycles. The number of rotatable bonds is 3. The maximum Gasteiger partial charge on any atom is 0.338 e. The molecule has 0 unspecified atom stereocenters. The Bertz CT molecular complexity index is 550. The highest BCUT2D eigenvalue weighted by molar-refractivity contribution is 6.04. The normalized spacial score (nSPS) is 15.9. The van der Waals surface area contributed by atoms with Crippen LogP contribution >= 0.6 is 0 Å². The molecule has 0 atom stereocenters. The summed E-state index contributed by atoms with van der Waals surface area (Å²) in [4.78, 5) is 39.7. The Morgan fingerprint density at radius 2 is 1.90 bits per heavy atom. The minimum atomic E-state index is -1.19. The number of piperidine rings is 1. The van der Waals surface area contributed by atoms with Crippen molar-refractivity contribution < 1.29 is 19.5 Å². The second kappa shape index (κ2) is 5.68. The van der Waals surface area contributed by atoms with Crippen molar-refractivity contribution in [3.05, 3.63) is 29.6 Å². The molecule has 0 aliphatic carbocycles. The number of carboxylic acid groups (broad SMARTS) is 1. The number of carbonyl (C=O) groups is 3. The van der Waals surface area contributed by atoms with Crippen molar-refractivity contribution in [2.24, 2.45) is 11.7 Å². The molecule has 1 aromatic heterocycles. The van der Waals surface area contributed by atoms with E-state index in [1.54, 1.807) is 4.90 Å². The van der Waals surface area contributed by atoms with Crippen LogP contribution in [0.2, 0.25) is 0 Å². The fourth-order valence-corrected chi connectivity index (χ4v) is 2.29. The van der Waals surface area contributed by atoms with E-state index in [4.69, 9.17) is 10.8 Å². The number of carbonyl (C=O) groups excluding carboxylic acids is 2. The summed E-state index contributed by atoms with van der Waals surface area (Å²) in [6, 6.07) is 1.39. The first-order valence-electron chi connectivity index (χ1n) is 6.26. The number of likely N-dealkylation sites (tertiary alicyclic amines) is 1. The first kappa shape index (κ1) is 14.0. The second-order valence-electron chi connectivity index (χ2n) is 4.70. The Balaban J connectivity index is 2.13. The molecule has 1 aromatic rings. The van der Waals surface area contributed by atoms with Crippen molar-refractivity contribution in [3.8, 4) is 0 Å². The lowest BCUT2D eigenvalue weighted by Crippen LogP contribution is -2.42. The highest BCUT2D eigenvalue weighted by Gasteiger charge is 2.28. The van der Waals surface area contributed by atoms with Gasteiger partial charge in [0.25, 0.3) is 5.91 Å². The fraction of sp³-hybridized carbons (Fsp3) is 0.385. The third-order valence-electron chi connectivity index (χ3n) is 3.47. The first-order chi connectivity index (χ1) is 9.50. The lowest BCUT2D eigenvalue weighted by molar-refractivity contribution is -0.123. The number of nitrogens with zero attached hydrogens (tertiary/aromatic N) is 2. The molecule has 0 spiro atoms. The van der Waals surface area contributed by atoms with Crippen molar-refractivity contribution in [1.29, 1.82) is 0 Å². The highest BCUT2D eigenvalue weighted by atomic mass is 16.4. The second-order valence-corrected chi connectivity index (χ2v) is 4.70. The standard InChI is InChI=1S/C13H15N3O4/c14-11(17)8-2-5-16(6-3-8)12(18)9-1-4-15-7-10(9)13(19)20/h1,4,7-8H,2-3,5-6H2,(H2,14,17)(H,19,20). The van der Waals surface area contributed by atoms with Gasteiger partial charge in [0, 0.05) is 31.4 Å². The van der Waals surface area contributed by atoms with Gasteiger partial charge < -0.3 is 15.7 Å². The first-order valence-corrected chi connectivity index (χ1v) is 6.26. The van der Waals surface area contributed by atoms with E-state index >= 15 is 0 Å². The Morgan fingerprint density at radius 3 is 2.45 bits per heavy atom. The highest BCUT2D eigenvalue weighted by Crippen LogP contribution is 2.19. The van der Waals surface area contributed by atoms with Crippen LogP contribution in [0, 0.1) is 5.92 Å². The largest absolute Gasteiger partial charge is 0.478 e. The number of carboxylic acids is 1. The Kier molecular flexibility index (Phi) is 3.97. The van der Waals surface area contributed by atoms with E-state index in [0.29, 0.717) is 25.9 Å². The van der Waals surface area contributed by atoms with Gasteiger partial charge in [0.2, 0.25) is 5.91 Å². The van der Waals surface area contributed by atoms with Gasteiger partial charge in [0.15, 0.2) is 0 Å². The molecular formula is C13H15N3O4. The summed E-state index contributed by atoms with van der Waals surface area (Å²) in [6.45, 7) is 0.793. The van der Waals surface area contributed by atoms with Crippen LogP contribution < -0.4 is 5.73 Å². The lowest BCUT2D eigenvalue weighted by atomic mass is 9.95. The SMILES string of the molecule is NC(=O)C1CCN(C(=O)c2ccncc2C(=O)O)CC1. The predicted molar refractivity (Wildman–Crippen MR) is 69.0 cm³/mol. The molecule has 3 N–H and O–H groups in total. The van der Waals surface area contributed by atoms with Gasteiger partial charge in [-0.2, -0.15) is 0 Å². The van der Waals surface area contributed by atoms with Gasteiger partial charge in [-0.3, -0.25) is 14.6 Å². The summed E-state index contributed by atoms with van der Waals surface area (Å²) in [7, 11) is 0. The number of aromatic nitrogens is 1. The number of nitrogens with two attached hydrogens (primary N) is 1. The van der Waals surface area contributed by atoms with Crippen molar-refractivity contribution in [2.75, 3.05) is 13.1 Å². The number of hydrogen-bond acceptors (Lipinski definition) is 4. The van der Waals surface area contributed by atoms with E-state index in [1.807, 2.05) is 0 Å². The zero-order valence-electron chi connectivity index (χ0n) is 10.8. The molecule has 0 radical (unpaired) electrons. The van der Waals surface area contributed by atoms with Gasteiger partial charge in [-0.15, -0.1) is 0 Å². The monoisotopic (exact) mass is 277 g/mol. The van der Waals surface area contributed by atoms with E-state index < -0.39 is 5.97 Å². The van der Waals surface area contributed by atoms with Crippen LogP contribution in [0.1, 0.15) is 33.6 Å². The van der Waals surface area contributed by atoms with Crippen LogP contribution in [0.25, 0.3) is 0 Å². The Labute approximate surface area is 115 Å². The molecule has 2 heterocycles. The molecule has 7 nitrogen and oxygen atoms in total. The molecule has 0 saturated carbocycles. The summed E-state index contributed by atoms with van der Waals surface area (Å²) in [5.41, 5.74) is 5.23. The van der Waals surface area contributed by atoms with Gasteiger partial charge in [-0.05, 0) is 18.9 Å². The lowest BCUT2D eigenvalue weighted by Gasteiger charge is -2.30. The van der Waals surface area contributed by atoms with Crippen LogP contribution in [-0.2, 0) is 4.79 Å². The van der Waals surface area contributed by atoms with Crippen molar-refractivity contribution in [1.82, 2.24) is 9.88 Å². The third-order valence-corrected chi connectivity index (χ3v) is 3.47. The molecule has 0 aromatic carbocycles. The summed E-state index contributed by atoms with van der Waals surface area (Å²) < 4.78 is 0. The topological polar surface area (TPSA) is 114 Å². The minimum Gasteiger partial charge on any atom is -0.478 e. The average Bonchev–Trinajstić information content (AvgIpc) is 2.46. The van der Waals surface area contributed by atoms with E-state index in [2.05, 4.69) is 4.98 Å². The van der Waals surface area contributed by atoms with E-state index in [1.165, 1.54) is 12.3 Å². The number of primary amides is 1. The summed E-state index contributed by atoms with van der Waals surface area (Å²) in [5.74, 6) is -2.11. The quantitative estimate of drug-likeness (QED) is 0.814.